The zero-order chi connectivity index (χ0) is 27.8. The summed E-state index contributed by atoms with van der Waals surface area (Å²) in [6.07, 6.45) is 19.1. The summed E-state index contributed by atoms with van der Waals surface area (Å²) in [5.41, 5.74) is 0. The van der Waals surface area contributed by atoms with Crippen LogP contribution in [0.1, 0.15) is 136 Å². The number of ether oxygens (including phenoxy) is 3. The van der Waals surface area contributed by atoms with Gasteiger partial charge in [-0.3, -0.25) is 13.6 Å². The lowest BCUT2D eigenvalue weighted by atomic mass is 10.2. The van der Waals surface area contributed by atoms with Crippen LogP contribution in [0.25, 0.3) is 0 Å². The largest absolute Gasteiger partial charge is 0.474 e. The average Bonchev–Trinajstić information content (AvgIpc) is 2.92. The van der Waals surface area contributed by atoms with Crippen LogP contribution in [0.15, 0.2) is 0 Å². The van der Waals surface area contributed by atoms with Gasteiger partial charge in [-0.05, 0) is 77.0 Å². The van der Waals surface area contributed by atoms with Gasteiger partial charge in [0.2, 0.25) is 0 Å². The van der Waals surface area contributed by atoms with Gasteiger partial charge in [0.25, 0.3) is 0 Å². The molecule has 0 bridgehead atoms. The van der Waals surface area contributed by atoms with E-state index in [0.29, 0.717) is 19.8 Å². The van der Waals surface area contributed by atoms with Gasteiger partial charge in [0.1, 0.15) is 0 Å². The maximum Gasteiger partial charge on any atom is 0.474 e. The zero-order valence-electron chi connectivity index (χ0n) is 25.4. The average molecular weight is 567 g/mol. The Morgan fingerprint density at radius 2 is 0.579 bits per heavy atom. The van der Waals surface area contributed by atoms with Gasteiger partial charge in [-0.2, -0.15) is 0 Å². The molecule has 0 aromatic rings. The van der Waals surface area contributed by atoms with E-state index in [2.05, 4.69) is 20.8 Å². The zero-order valence-corrected chi connectivity index (χ0v) is 26.3. The fourth-order valence-electron chi connectivity index (χ4n) is 3.76. The minimum absolute atomic E-state index is 0.379. The first-order chi connectivity index (χ1) is 18.7. The Morgan fingerprint density at radius 3 is 0.842 bits per heavy atom. The lowest BCUT2D eigenvalue weighted by molar-refractivity contribution is 0.100. The molecule has 0 heterocycles. The van der Waals surface area contributed by atoms with E-state index >= 15 is 0 Å². The molecule has 0 saturated carbocycles. The highest BCUT2D eigenvalue weighted by molar-refractivity contribution is 7.48. The molecule has 0 spiro atoms. The van der Waals surface area contributed by atoms with Crippen LogP contribution in [0.5, 0.6) is 0 Å². The highest BCUT2D eigenvalue weighted by Gasteiger charge is 2.26. The van der Waals surface area contributed by atoms with E-state index in [1.54, 1.807) is 0 Å². The third-order valence-corrected chi connectivity index (χ3v) is 7.72. The number of phosphoric acid groups is 1. The highest BCUT2D eigenvalue weighted by Crippen LogP contribution is 2.50. The van der Waals surface area contributed by atoms with Crippen molar-refractivity contribution in [1.29, 1.82) is 0 Å². The van der Waals surface area contributed by atoms with Crippen LogP contribution in [0.3, 0.4) is 0 Å². The first-order valence-corrected chi connectivity index (χ1v) is 17.4. The molecule has 0 aliphatic rings. The summed E-state index contributed by atoms with van der Waals surface area (Å²) in [6.45, 7) is 12.6. The van der Waals surface area contributed by atoms with Crippen molar-refractivity contribution in [2.24, 2.45) is 0 Å². The number of hydrogen-bond acceptors (Lipinski definition) is 7. The Morgan fingerprint density at radius 1 is 0.342 bits per heavy atom. The molecule has 0 unspecified atom stereocenters. The van der Waals surface area contributed by atoms with Crippen LogP contribution in [-0.4, -0.2) is 59.5 Å². The molecule has 0 radical (unpaired) electrons. The van der Waals surface area contributed by atoms with E-state index < -0.39 is 7.82 Å². The van der Waals surface area contributed by atoms with Gasteiger partial charge in [-0.1, -0.05) is 59.3 Å². The van der Waals surface area contributed by atoms with E-state index in [9.17, 15) is 4.57 Å². The molecule has 0 rings (SSSR count). The van der Waals surface area contributed by atoms with Crippen LogP contribution in [0, 0.1) is 0 Å². The fraction of sp³-hybridized carbons (Fsp3) is 1.00. The molecule has 38 heavy (non-hydrogen) atoms. The molecule has 0 aliphatic carbocycles. The van der Waals surface area contributed by atoms with Gasteiger partial charge >= 0.3 is 7.82 Å². The van der Waals surface area contributed by atoms with Crippen LogP contribution in [0.4, 0.5) is 0 Å². The van der Waals surface area contributed by atoms with Gasteiger partial charge < -0.3 is 14.2 Å². The van der Waals surface area contributed by atoms with Gasteiger partial charge in [-0.25, -0.2) is 4.57 Å². The molecule has 7 nitrogen and oxygen atoms in total. The van der Waals surface area contributed by atoms with Gasteiger partial charge in [0, 0.05) is 39.6 Å². The Bertz CT molecular complexity index is 427. The minimum atomic E-state index is -3.54. The third kappa shape index (κ3) is 29.0. The maximum atomic E-state index is 13.2. The van der Waals surface area contributed by atoms with Gasteiger partial charge in [0.05, 0.1) is 19.8 Å². The molecular formula is C30H63O7P. The van der Waals surface area contributed by atoms with Crippen molar-refractivity contribution in [2.45, 2.75) is 136 Å². The van der Waals surface area contributed by atoms with Crippen LogP contribution in [-0.2, 0) is 32.3 Å². The lowest BCUT2D eigenvalue weighted by Crippen LogP contribution is -2.05. The third-order valence-electron chi connectivity index (χ3n) is 6.22. The van der Waals surface area contributed by atoms with E-state index in [1.807, 2.05) is 0 Å². The van der Waals surface area contributed by atoms with Crippen LogP contribution < -0.4 is 0 Å². The van der Waals surface area contributed by atoms with Crippen molar-refractivity contribution >= 4 is 7.82 Å². The Balaban J connectivity index is 4.07. The van der Waals surface area contributed by atoms with Crippen molar-refractivity contribution in [2.75, 3.05) is 59.5 Å². The van der Waals surface area contributed by atoms with E-state index in [0.717, 1.165) is 117 Å². The molecule has 0 amide bonds. The second kappa shape index (κ2) is 31.5. The molecule has 0 aromatic carbocycles. The van der Waals surface area contributed by atoms with E-state index in [4.69, 9.17) is 27.8 Å². The molecule has 230 valence electrons. The smallest absolute Gasteiger partial charge is 0.381 e. The predicted molar refractivity (Wildman–Crippen MR) is 158 cm³/mol. The van der Waals surface area contributed by atoms with Crippen LogP contribution >= 0.6 is 7.82 Å². The predicted octanol–water partition coefficient (Wildman–Crippen LogP) is 9.28. The van der Waals surface area contributed by atoms with Crippen molar-refractivity contribution in [3.8, 4) is 0 Å². The Hall–Kier alpha value is -0.0100. The van der Waals surface area contributed by atoms with Crippen LogP contribution in [0.2, 0.25) is 0 Å². The summed E-state index contributed by atoms with van der Waals surface area (Å²) in [7, 11) is -3.54. The Labute approximate surface area is 236 Å². The molecular weight excluding hydrogens is 503 g/mol. The highest BCUT2D eigenvalue weighted by atomic mass is 31.2. The second-order valence-corrected chi connectivity index (χ2v) is 11.8. The quantitative estimate of drug-likeness (QED) is 0.0579. The summed E-state index contributed by atoms with van der Waals surface area (Å²) >= 11 is 0. The molecule has 0 saturated heterocycles. The van der Waals surface area contributed by atoms with Gasteiger partial charge in [0.15, 0.2) is 0 Å². The summed E-state index contributed by atoms with van der Waals surface area (Å²) in [4.78, 5) is 0. The molecule has 0 aliphatic heterocycles. The van der Waals surface area contributed by atoms with E-state index in [-0.39, 0.29) is 0 Å². The molecule has 8 heteroatoms. The standard InChI is InChI=1S/C30H63O7P/c1-4-7-13-22-32-25-16-10-19-28-35-38(31,36-29-20-11-17-26-33-23-14-8-5-2)37-30-21-12-18-27-34-24-15-9-6-3/h4-30H2,1-3H3. The second-order valence-electron chi connectivity index (χ2n) is 10.1. The number of hydrogen-bond donors (Lipinski definition) is 0. The summed E-state index contributed by atoms with van der Waals surface area (Å²) < 4.78 is 47.2. The first kappa shape index (κ1) is 38.0. The van der Waals surface area contributed by atoms with E-state index in [1.165, 1.54) is 38.5 Å². The van der Waals surface area contributed by atoms with Crippen molar-refractivity contribution in [3.63, 3.8) is 0 Å². The SMILES string of the molecule is CCCCCOCCCCCOP(=O)(OCCCCCOCCCCC)OCCCCCOCCCCC. The summed E-state index contributed by atoms with van der Waals surface area (Å²) in [6, 6.07) is 0. The molecule has 0 N–H and O–H groups in total. The maximum absolute atomic E-state index is 13.2. The number of unbranched alkanes of at least 4 members (excludes halogenated alkanes) is 12. The fourth-order valence-corrected chi connectivity index (χ4v) is 5.04. The summed E-state index contributed by atoms with van der Waals surface area (Å²) in [5, 5.41) is 0. The monoisotopic (exact) mass is 566 g/mol. The molecule has 0 atom stereocenters. The number of rotatable bonds is 33. The Kier molecular flexibility index (Phi) is 31.5. The van der Waals surface area contributed by atoms with Crippen molar-refractivity contribution in [1.82, 2.24) is 0 Å². The normalized spacial score (nSPS) is 12.0. The van der Waals surface area contributed by atoms with Gasteiger partial charge in [-0.15, -0.1) is 0 Å². The molecule has 0 aromatic heterocycles. The molecule has 0 fully saturated rings. The first-order valence-electron chi connectivity index (χ1n) is 15.9. The van der Waals surface area contributed by atoms with Crippen molar-refractivity contribution in [3.05, 3.63) is 0 Å². The minimum Gasteiger partial charge on any atom is -0.381 e. The number of phosphoric ester groups is 1. The topological polar surface area (TPSA) is 72.5 Å². The lowest BCUT2D eigenvalue weighted by Gasteiger charge is -2.18. The van der Waals surface area contributed by atoms with Crippen molar-refractivity contribution < 1.29 is 32.3 Å². The summed E-state index contributed by atoms with van der Waals surface area (Å²) in [5.74, 6) is 0.